The van der Waals surface area contributed by atoms with Gasteiger partial charge in [-0.2, -0.15) is 0 Å². The zero-order valence-corrected chi connectivity index (χ0v) is 14.9. The summed E-state index contributed by atoms with van der Waals surface area (Å²) in [6, 6.07) is 16.3. The predicted octanol–water partition coefficient (Wildman–Crippen LogP) is 4.67. The molecule has 1 aliphatic carbocycles. The molecule has 0 saturated carbocycles. The van der Waals surface area contributed by atoms with E-state index in [0.29, 0.717) is 6.42 Å². The summed E-state index contributed by atoms with van der Waals surface area (Å²) < 4.78 is 1.09. The first kappa shape index (κ1) is 15.5. The lowest BCUT2D eigenvalue weighted by Gasteiger charge is -2.24. The highest BCUT2D eigenvalue weighted by atomic mass is 79.9. The van der Waals surface area contributed by atoms with E-state index in [9.17, 15) is 4.79 Å². The van der Waals surface area contributed by atoms with Crippen LogP contribution in [0.5, 0.6) is 0 Å². The molecule has 4 rings (SSSR count). The van der Waals surface area contributed by atoms with Gasteiger partial charge in [-0.3, -0.25) is 4.79 Å². The number of aromatic nitrogens is 1. The molecule has 3 aromatic rings. The Labute approximate surface area is 149 Å². The third-order valence-electron chi connectivity index (χ3n) is 4.71. The molecule has 1 aliphatic rings. The van der Waals surface area contributed by atoms with Gasteiger partial charge in [0.15, 0.2) is 0 Å². The maximum atomic E-state index is 12.4. The third kappa shape index (κ3) is 2.98. The van der Waals surface area contributed by atoms with Gasteiger partial charge in [-0.25, -0.2) is 0 Å². The molecule has 0 saturated heterocycles. The van der Waals surface area contributed by atoms with Gasteiger partial charge in [0.25, 0.3) is 0 Å². The number of rotatable bonds is 3. The highest BCUT2D eigenvalue weighted by Crippen LogP contribution is 2.35. The summed E-state index contributed by atoms with van der Waals surface area (Å²) in [6.45, 7) is 0. The topological polar surface area (TPSA) is 44.9 Å². The molecule has 1 aromatic heterocycles. The Bertz CT molecular complexity index is 885. The van der Waals surface area contributed by atoms with Gasteiger partial charge in [-0.05, 0) is 48.6 Å². The number of carbonyl (C=O) groups excluding carboxylic acids is 1. The standard InChI is InChI=1S/C20H19BrN2O/c21-14-9-10-17-16(12-14)15-7-4-8-18(20(15)23-17)22-19(24)11-13-5-2-1-3-6-13/h1-3,5-6,9-10,12,18,23H,4,7-8,11H2,(H,22,24). The monoisotopic (exact) mass is 382 g/mol. The average molecular weight is 383 g/mol. The molecular weight excluding hydrogens is 364 g/mol. The molecule has 0 fully saturated rings. The van der Waals surface area contributed by atoms with E-state index in [2.05, 4.69) is 38.4 Å². The van der Waals surface area contributed by atoms with Crippen LogP contribution in [0.4, 0.5) is 0 Å². The van der Waals surface area contributed by atoms with Crippen molar-refractivity contribution in [1.82, 2.24) is 10.3 Å². The van der Waals surface area contributed by atoms with Crippen molar-refractivity contribution in [2.75, 3.05) is 0 Å². The van der Waals surface area contributed by atoms with Crippen molar-refractivity contribution in [3.63, 3.8) is 0 Å². The number of nitrogens with one attached hydrogen (secondary N) is 2. The molecule has 24 heavy (non-hydrogen) atoms. The number of hydrogen-bond donors (Lipinski definition) is 2. The molecule has 1 atom stereocenters. The number of halogens is 1. The zero-order chi connectivity index (χ0) is 16.5. The molecule has 1 amide bonds. The van der Waals surface area contributed by atoms with Crippen LogP contribution in [0.15, 0.2) is 53.0 Å². The summed E-state index contributed by atoms with van der Waals surface area (Å²) in [5, 5.41) is 4.48. The van der Waals surface area contributed by atoms with E-state index in [1.807, 2.05) is 36.4 Å². The molecule has 0 spiro atoms. The summed E-state index contributed by atoms with van der Waals surface area (Å²) in [5.74, 6) is 0.0823. The van der Waals surface area contributed by atoms with E-state index in [4.69, 9.17) is 0 Å². The van der Waals surface area contributed by atoms with Gasteiger partial charge in [0.2, 0.25) is 5.91 Å². The number of carbonyl (C=O) groups is 1. The number of aromatic amines is 1. The molecular formula is C20H19BrN2O. The number of H-pyrrole nitrogens is 1. The van der Waals surface area contributed by atoms with Gasteiger partial charge < -0.3 is 10.3 Å². The molecule has 0 radical (unpaired) electrons. The Morgan fingerprint density at radius 2 is 2.04 bits per heavy atom. The fraction of sp³-hybridized carbons (Fsp3) is 0.250. The fourth-order valence-corrected chi connectivity index (χ4v) is 3.97. The highest BCUT2D eigenvalue weighted by Gasteiger charge is 2.25. The maximum Gasteiger partial charge on any atom is 0.224 e. The van der Waals surface area contributed by atoms with E-state index in [1.165, 1.54) is 16.6 Å². The molecule has 1 unspecified atom stereocenters. The minimum absolute atomic E-state index is 0.0798. The van der Waals surface area contributed by atoms with Gasteiger partial charge in [-0.1, -0.05) is 46.3 Å². The van der Waals surface area contributed by atoms with E-state index >= 15 is 0 Å². The molecule has 0 aliphatic heterocycles. The van der Waals surface area contributed by atoms with Crippen molar-refractivity contribution in [3.8, 4) is 0 Å². The normalized spacial score (nSPS) is 16.8. The van der Waals surface area contributed by atoms with E-state index < -0.39 is 0 Å². The van der Waals surface area contributed by atoms with E-state index in [1.54, 1.807) is 0 Å². The summed E-state index contributed by atoms with van der Waals surface area (Å²) in [6.07, 6.45) is 3.58. The number of amides is 1. The number of hydrogen-bond acceptors (Lipinski definition) is 1. The molecule has 2 aromatic carbocycles. The summed E-state index contributed by atoms with van der Waals surface area (Å²) >= 11 is 3.55. The molecule has 0 bridgehead atoms. The number of aryl methyl sites for hydroxylation is 1. The Hall–Kier alpha value is -2.07. The van der Waals surface area contributed by atoms with Gasteiger partial charge in [-0.15, -0.1) is 0 Å². The second-order valence-corrected chi connectivity index (χ2v) is 7.30. The number of benzene rings is 2. The summed E-state index contributed by atoms with van der Waals surface area (Å²) in [5.41, 5.74) is 4.72. The summed E-state index contributed by atoms with van der Waals surface area (Å²) in [7, 11) is 0. The first-order valence-electron chi connectivity index (χ1n) is 8.34. The van der Waals surface area contributed by atoms with Gasteiger partial charge >= 0.3 is 0 Å². The maximum absolute atomic E-state index is 12.4. The van der Waals surface area contributed by atoms with Crippen molar-refractivity contribution < 1.29 is 4.79 Å². The quantitative estimate of drug-likeness (QED) is 0.679. The molecule has 1 heterocycles. The minimum atomic E-state index is 0.0798. The van der Waals surface area contributed by atoms with Crippen molar-refractivity contribution in [1.29, 1.82) is 0 Å². The van der Waals surface area contributed by atoms with Crippen LogP contribution in [0.1, 0.15) is 35.7 Å². The van der Waals surface area contributed by atoms with Crippen molar-refractivity contribution in [2.24, 2.45) is 0 Å². The largest absolute Gasteiger partial charge is 0.356 e. The predicted molar refractivity (Wildman–Crippen MR) is 100.0 cm³/mol. The SMILES string of the molecule is O=C(Cc1ccccc1)NC1CCCc2c1[nH]c1ccc(Br)cc21. The van der Waals surface area contributed by atoms with Crippen molar-refractivity contribution in [2.45, 2.75) is 31.7 Å². The van der Waals surface area contributed by atoms with Crippen LogP contribution in [0.25, 0.3) is 10.9 Å². The Morgan fingerprint density at radius 3 is 2.88 bits per heavy atom. The zero-order valence-electron chi connectivity index (χ0n) is 13.3. The van der Waals surface area contributed by atoms with Gasteiger partial charge in [0.05, 0.1) is 12.5 Å². The van der Waals surface area contributed by atoms with Gasteiger partial charge in [0, 0.05) is 21.1 Å². The highest BCUT2D eigenvalue weighted by molar-refractivity contribution is 9.10. The Kier molecular flexibility index (Phi) is 4.15. The Morgan fingerprint density at radius 1 is 1.21 bits per heavy atom. The lowest BCUT2D eigenvalue weighted by atomic mass is 9.91. The molecule has 3 nitrogen and oxygen atoms in total. The minimum Gasteiger partial charge on any atom is -0.356 e. The second kappa shape index (κ2) is 6.44. The first-order valence-corrected chi connectivity index (χ1v) is 9.13. The van der Waals surface area contributed by atoms with E-state index in [0.717, 1.165) is 34.8 Å². The second-order valence-electron chi connectivity index (χ2n) is 6.38. The van der Waals surface area contributed by atoms with Crippen molar-refractivity contribution >= 4 is 32.7 Å². The van der Waals surface area contributed by atoms with Gasteiger partial charge in [0.1, 0.15) is 0 Å². The smallest absolute Gasteiger partial charge is 0.224 e. The summed E-state index contributed by atoms with van der Waals surface area (Å²) in [4.78, 5) is 16.0. The molecule has 122 valence electrons. The molecule has 2 N–H and O–H groups in total. The van der Waals surface area contributed by atoms with E-state index in [-0.39, 0.29) is 11.9 Å². The van der Waals surface area contributed by atoms with Crippen LogP contribution in [0, 0.1) is 0 Å². The van der Waals surface area contributed by atoms with Crippen LogP contribution in [-0.2, 0) is 17.6 Å². The van der Waals surface area contributed by atoms with Crippen LogP contribution in [-0.4, -0.2) is 10.9 Å². The van der Waals surface area contributed by atoms with Crippen LogP contribution >= 0.6 is 15.9 Å². The fourth-order valence-electron chi connectivity index (χ4n) is 3.61. The van der Waals surface area contributed by atoms with Crippen LogP contribution in [0.3, 0.4) is 0 Å². The molecule has 4 heteroatoms. The average Bonchev–Trinajstić information content (AvgIpc) is 2.95. The number of fused-ring (bicyclic) bond motifs is 3. The first-order chi connectivity index (χ1) is 11.7. The Balaban J connectivity index is 1.58. The van der Waals surface area contributed by atoms with Crippen molar-refractivity contribution in [3.05, 3.63) is 69.8 Å². The third-order valence-corrected chi connectivity index (χ3v) is 5.21. The van der Waals surface area contributed by atoms with Crippen LogP contribution < -0.4 is 5.32 Å². The lowest BCUT2D eigenvalue weighted by molar-refractivity contribution is -0.121. The lowest BCUT2D eigenvalue weighted by Crippen LogP contribution is -2.32. The van der Waals surface area contributed by atoms with Crippen LogP contribution in [0.2, 0.25) is 0 Å².